The van der Waals surface area contributed by atoms with Crippen LogP contribution in [0.15, 0.2) is 5.16 Å². The van der Waals surface area contributed by atoms with Gasteiger partial charge in [0.05, 0.1) is 13.3 Å². The average molecular weight is 159 g/mol. The monoisotopic (exact) mass is 159 g/mol. The second-order valence-electron chi connectivity index (χ2n) is 1.79. The fourth-order valence-electron chi connectivity index (χ4n) is 0.448. The van der Waals surface area contributed by atoms with E-state index in [2.05, 4.69) is 9.89 Å². The molecule has 0 unspecified atom stereocenters. The molecule has 0 atom stereocenters. The largest absolute Gasteiger partial charge is 0.469 e. The van der Waals surface area contributed by atoms with Crippen molar-refractivity contribution in [2.45, 2.75) is 12.8 Å². The van der Waals surface area contributed by atoms with Crippen LogP contribution in [-0.2, 0) is 14.3 Å². The molecule has 11 heavy (non-hydrogen) atoms. The van der Waals surface area contributed by atoms with Gasteiger partial charge in [0.2, 0.25) is 0 Å². The summed E-state index contributed by atoms with van der Waals surface area (Å²) in [5.74, 6) is -0.920. The number of ketones is 1. The van der Waals surface area contributed by atoms with Gasteiger partial charge in [-0.1, -0.05) is 0 Å². The molecule has 0 aromatic heterocycles. The molecule has 0 saturated carbocycles. The zero-order chi connectivity index (χ0) is 8.69. The molecule has 5 nitrogen and oxygen atoms in total. The molecule has 62 valence electrons. The summed E-state index contributed by atoms with van der Waals surface area (Å²) in [5.41, 5.74) is 0. The highest BCUT2D eigenvalue weighted by molar-refractivity contribution is 6.01. The Morgan fingerprint density at radius 2 is 2.27 bits per heavy atom. The third kappa shape index (κ3) is 5.07. The number of carbonyl (C=O) groups is 2. The molecule has 0 aliphatic heterocycles. The van der Waals surface area contributed by atoms with Gasteiger partial charge in [-0.3, -0.25) is 9.59 Å². The number of carbonyl (C=O) groups excluding carboxylic acids is 2. The normalized spacial score (nSPS) is 9.91. The van der Waals surface area contributed by atoms with Crippen LogP contribution in [-0.4, -0.2) is 30.3 Å². The predicted octanol–water partition coefficient (Wildman–Crippen LogP) is -0.0313. The highest BCUT2D eigenvalue weighted by Gasteiger charge is 2.07. The fraction of sp³-hybridized carbons (Fsp3) is 0.500. The summed E-state index contributed by atoms with van der Waals surface area (Å²) in [4.78, 5) is 21.1. The van der Waals surface area contributed by atoms with Gasteiger partial charge < -0.3 is 9.94 Å². The third-order valence-corrected chi connectivity index (χ3v) is 0.970. The van der Waals surface area contributed by atoms with Crippen LogP contribution in [0.5, 0.6) is 0 Å². The van der Waals surface area contributed by atoms with Gasteiger partial charge in [-0.15, -0.1) is 5.16 Å². The first kappa shape index (κ1) is 9.61. The van der Waals surface area contributed by atoms with E-state index in [9.17, 15) is 9.59 Å². The zero-order valence-electron chi connectivity index (χ0n) is 6.11. The highest BCUT2D eigenvalue weighted by atomic mass is 16.5. The Morgan fingerprint density at radius 3 is 2.73 bits per heavy atom. The highest BCUT2D eigenvalue weighted by Crippen LogP contribution is 1.89. The Balaban J connectivity index is 3.60. The van der Waals surface area contributed by atoms with Crippen LogP contribution in [0, 0.1) is 0 Å². The minimum Gasteiger partial charge on any atom is -0.469 e. The third-order valence-electron chi connectivity index (χ3n) is 0.970. The minimum atomic E-state index is -0.582. The molecule has 0 fully saturated rings. The van der Waals surface area contributed by atoms with Crippen LogP contribution in [0.2, 0.25) is 0 Å². The van der Waals surface area contributed by atoms with Crippen molar-refractivity contribution in [3.05, 3.63) is 0 Å². The van der Waals surface area contributed by atoms with Crippen molar-refractivity contribution >= 4 is 18.0 Å². The second-order valence-corrected chi connectivity index (χ2v) is 1.79. The number of methoxy groups -OCH3 is 1. The van der Waals surface area contributed by atoms with E-state index in [1.54, 1.807) is 0 Å². The van der Waals surface area contributed by atoms with Crippen molar-refractivity contribution in [2.75, 3.05) is 7.11 Å². The molecule has 0 amide bonds. The molecule has 5 heteroatoms. The number of nitrogens with zero attached hydrogens (tertiary/aromatic N) is 1. The van der Waals surface area contributed by atoms with E-state index in [0.717, 1.165) is 6.21 Å². The zero-order valence-corrected chi connectivity index (χ0v) is 6.11. The minimum absolute atomic E-state index is 0.0500. The Kier molecular flexibility index (Phi) is 4.72. The Hall–Kier alpha value is -1.39. The first-order valence-electron chi connectivity index (χ1n) is 2.95. The summed E-state index contributed by atoms with van der Waals surface area (Å²) in [6, 6.07) is 0. The molecule has 0 aliphatic rings. The second kappa shape index (κ2) is 5.40. The van der Waals surface area contributed by atoms with E-state index in [1.807, 2.05) is 0 Å². The van der Waals surface area contributed by atoms with Crippen LogP contribution in [0.1, 0.15) is 12.8 Å². The van der Waals surface area contributed by atoms with E-state index in [4.69, 9.17) is 5.21 Å². The molecule has 0 rings (SSSR count). The standard InChI is InChI=1S/C6H9NO4/c1-11-6(9)4-5(8)2-3-7-10/h3,10H,2,4H2,1H3. The van der Waals surface area contributed by atoms with Crippen LogP contribution in [0.25, 0.3) is 0 Å². The number of ether oxygens (including phenoxy) is 1. The first-order valence-corrected chi connectivity index (χ1v) is 2.95. The number of esters is 1. The van der Waals surface area contributed by atoms with Crippen molar-refractivity contribution < 1.29 is 19.5 Å². The smallest absolute Gasteiger partial charge is 0.313 e. The van der Waals surface area contributed by atoms with Gasteiger partial charge in [0, 0.05) is 6.42 Å². The summed E-state index contributed by atoms with van der Waals surface area (Å²) in [6.45, 7) is 0. The van der Waals surface area contributed by atoms with Gasteiger partial charge >= 0.3 is 5.97 Å². The summed E-state index contributed by atoms with van der Waals surface area (Å²) >= 11 is 0. The van der Waals surface area contributed by atoms with Crippen LogP contribution >= 0.6 is 0 Å². The molecule has 0 aromatic rings. The quantitative estimate of drug-likeness (QED) is 0.205. The molecule has 0 spiro atoms. The number of oxime groups is 1. The van der Waals surface area contributed by atoms with Crippen molar-refractivity contribution in [3.63, 3.8) is 0 Å². The van der Waals surface area contributed by atoms with Crippen LogP contribution < -0.4 is 0 Å². The first-order chi connectivity index (χ1) is 5.20. The number of Topliss-reactive ketones (excluding diaryl/α,β-unsaturated/α-hetero) is 1. The van der Waals surface area contributed by atoms with E-state index < -0.39 is 5.97 Å². The summed E-state index contributed by atoms with van der Waals surface area (Å²) in [6.07, 6.45) is 0.694. The molecule has 0 heterocycles. The number of hydrogen-bond donors (Lipinski definition) is 1. The molecule has 0 aliphatic carbocycles. The topological polar surface area (TPSA) is 76.0 Å². The molecule has 0 saturated heterocycles. The molecular weight excluding hydrogens is 150 g/mol. The SMILES string of the molecule is COC(=O)CC(=O)CC=NO. The lowest BCUT2D eigenvalue weighted by Crippen LogP contribution is -2.09. The van der Waals surface area contributed by atoms with Crippen molar-refractivity contribution in [2.24, 2.45) is 5.16 Å². The van der Waals surface area contributed by atoms with E-state index in [-0.39, 0.29) is 18.6 Å². The van der Waals surface area contributed by atoms with E-state index in [1.165, 1.54) is 7.11 Å². The summed E-state index contributed by atoms with van der Waals surface area (Å²) in [5, 5.41) is 10.5. The van der Waals surface area contributed by atoms with Gasteiger partial charge in [0.25, 0.3) is 0 Å². The molecule has 0 aromatic carbocycles. The Morgan fingerprint density at radius 1 is 1.64 bits per heavy atom. The lowest BCUT2D eigenvalue weighted by molar-refractivity contribution is -0.143. The van der Waals surface area contributed by atoms with Crippen molar-refractivity contribution in [1.82, 2.24) is 0 Å². The maximum Gasteiger partial charge on any atom is 0.313 e. The van der Waals surface area contributed by atoms with Gasteiger partial charge in [-0.2, -0.15) is 0 Å². The number of hydrogen-bond acceptors (Lipinski definition) is 5. The predicted molar refractivity (Wildman–Crippen MR) is 36.5 cm³/mol. The Bertz CT molecular complexity index is 175. The Labute approximate surface area is 63.6 Å². The van der Waals surface area contributed by atoms with Gasteiger partial charge in [0.15, 0.2) is 0 Å². The molecular formula is C6H9NO4. The fourth-order valence-corrected chi connectivity index (χ4v) is 0.448. The summed E-state index contributed by atoms with van der Waals surface area (Å²) < 4.78 is 4.23. The maximum atomic E-state index is 10.7. The van der Waals surface area contributed by atoms with Gasteiger partial charge in [-0.25, -0.2) is 0 Å². The van der Waals surface area contributed by atoms with Gasteiger partial charge in [0.1, 0.15) is 12.2 Å². The van der Waals surface area contributed by atoms with E-state index in [0.29, 0.717) is 0 Å². The lowest BCUT2D eigenvalue weighted by Gasteiger charge is -1.94. The maximum absolute atomic E-state index is 10.7. The molecule has 0 radical (unpaired) electrons. The van der Waals surface area contributed by atoms with Gasteiger partial charge in [-0.05, 0) is 0 Å². The van der Waals surface area contributed by atoms with Crippen LogP contribution in [0.3, 0.4) is 0 Å². The average Bonchev–Trinajstić information content (AvgIpc) is 2.00. The van der Waals surface area contributed by atoms with Crippen molar-refractivity contribution in [3.8, 4) is 0 Å². The molecule has 1 N–H and O–H groups in total. The number of rotatable bonds is 4. The molecule has 0 bridgehead atoms. The summed E-state index contributed by atoms with van der Waals surface area (Å²) in [7, 11) is 1.20. The van der Waals surface area contributed by atoms with E-state index >= 15 is 0 Å². The van der Waals surface area contributed by atoms with Crippen molar-refractivity contribution in [1.29, 1.82) is 0 Å². The van der Waals surface area contributed by atoms with Crippen LogP contribution in [0.4, 0.5) is 0 Å². The lowest BCUT2D eigenvalue weighted by atomic mass is 10.2.